The van der Waals surface area contributed by atoms with Gasteiger partial charge in [-0.1, -0.05) is 46.2 Å². The van der Waals surface area contributed by atoms with E-state index in [2.05, 4.69) is 72.8 Å². The highest BCUT2D eigenvalue weighted by molar-refractivity contribution is 5.85. The molecule has 1 saturated heterocycles. The Morgan fingerprint density at radius 3 is 2.27 bits per heavy atom. The summed E-state index contributed by atoms with van der Waals surface area (Å²) in [5.41, 5.74) is 5.84. The molecule has 182 valence electrons. The van der Waals surface area contributed by atoms with E-state index in [0.717, 1.165) is 24.7 Å². The van der Waals surface area contributed by atoms with Crippen LogP contribution in [-0.4, -0.2) is 42.6 Å². The van der Waals surface area contributed by atoms with Gasteiger partial charge in [-0.2, -0.15) is 0 Å². The first-order chi connectivity index (χ1) is 15.5. The predicted octanol–water partition coefficient (Wildman–Crippen LogP) is 7.41. The van der Waals surface area contributed by atoms with E-state index < -0.39 is 0 Å². The lowest BCUT2D eigenvalue weighted by Gasteiger charge is -2.40. The predicted molar refractivity (Wildman–Crippen MR) is 145 cm³/mol. The van der Waals surface area contributed by atoms with E-state index >= 15 is 0 Å². The van der Waals surface area contributed by atoms with Crippen LogP contribution in [0.4, 0.5) is 5.69 Å². The fourth-order valence-electron chi connectivity index (χ4n) is 5.73. The van der Waals surface area contributed by atoms with E-state index in [-0.39, 0.29) is 12.4 Å². The van der Waals surface area contributed by atoms with Gasteiger partial charge in [-0.25, -0.2) is 0 Å². The Kier molecular flexibility index (Phi) is 9.24. The molecule has 33 heavy (non-hydrogen) atoms. The molecule has 4 heteroatoms. The molecule has 2 aromatic rings. The molecule has 0 N–H and O–H groups in total. The third-order valence-corrected chi connectivity index (χ3v) is 7.92. The van der Waals surface area contributed by atoms with Gasteiger partial charge in [0.2, 0.25) is 0 Å². The lowest BCUT2D eigenvalue weighted by atomic mass is 9.68. The number of rotatable bonds is 6. The van der Waals surface area contributed by atoms with Crippen molar-refractivity contribution in [1.29, 1.82) is 0 Å². The average molecular weight is 470 g/mol. The molecular formula is C29H44ClN3. The van der Waals surface area contributed by atoms with E-state index in [4.69, 9.17) is 0 Å². The zero-order valence-electron chi connectivity index (χ0n) is 21.2. The highest BCUT2D eigenvalue weighted by atomic mass is 35.5. The second-order valence-corrected chi connectivity index (χ2v) is 11.1. The van der Waals surface area contributed by atoms with Crippen LogP contribution in [-0.2, 0) is 0 Å². The molecule has 2 aliphatic rings. The monoisotopic (exact) mass is 469 g/mol. The Hall–Kier alpha value is -1.58. The smallest absolute Gasteiger partial charge is 0.0702 e. The van der Waals surface area contributed by atoms with Crippen LogP contribution in [0.25, 0.3) is 11.3 Å². The molecule has 1 aliphatic heterocycles. The number of aromatic nitrogens is 1. The zero-order chi connectivity index (χ0) is 22.6. The first-order valence-electron chi connectivity index (χ1n) is 13.0. The van der Waals surface area contributed by atoms with Crippen LogP contribution in [0.1, 0.15) is 77.7 Å². The highest BCUT2D eigenvalue weighted by Crippen LogP contribution is 2.46. The van der Waals surface area contributed by atoms with Crippen molar-refractivity contribution in [3.05, 3.63) is 48.2 Å². The zero-order valence-corrected chi connectivity index (χ0v) is 22.0. The standard InChI is InChI=1S/C29H43N3.ClH/c1-5-6-17-31-18-20-32(21-19-31)28-15-12-24(27-9-7-8-16-30-27)22-26(28)23-10-13-25(14-11-23)29(2,3)4;/h7-9,12,15-16,22-23,25H,5-6,10-11,13-14,17-21H2,1-4H3;1H. The summed E-state index contributed by atoms with van der Waals surface area (Å²) in [7, 11) is 0. The van der Waals surface area contributed by atoms with Gasteiger partial charge in [-0.3, -0.25) is 9.88 Å². The van der Waals surface area contributed by atoms with Crippen LogP contribution in [0.5, 0.6) is 0 Å². The van der Waals surface area contributed by atoms with Crippen LogP contribution in [0, 0.1) is 11.3 Å². The summed E-state index contributed by atoms with van der Waals surface area (Å²) in [6, 6.07) is 13.4. The highest BCUT2D eigenvalue weighted by Gasteiger charge is 2.32. The molecule has 0 bridgehead atoms. The Labute approximate surface area is 208 Å². The number of anilines is 1. The fourth-order valence-corrected chi connectivity index (χ4v) is 5.73. The van der Waals surface area contributed by atoms with Crippen molar-refractivity contribution in [3.63, 3.8) is 0 Å². The van der Waals surface area contributed by atoms with Gasteiger partial charge < -0.3 is 4.90 Å². The first kappa shape index (κ1) is 26.0. The molecule has 0 radical (unpaired) electrons. The quantitative estimate of drug-likeness (QED) is 0.439. The van der Waals surface area contributed by atoms with E-state index in [1.165, 1.54) is 69.4 Å². The summed E-state index contributed by atoms with van der Waals surface area (Å²) in [6.45, 7) is 15.5. The van der Waals surface area contributed by atoms with Crippen molar-refractivity contribution in [2.24, 2.45) is 11.3 Å². The summed E-state index contributed by atoms with van der Waals surface area (Å²) in [4.78, 5) is 9.95. The minimum atomic E-state index is 0. The summed E-state index contributed by atoms with van der Waals surface area (Å²) in [5.74, 6) is 1.52. The fraction of sp³-hybridized carbons (Fsp3) is 0.621. The number of piperazine rings is 1. The molecular weight excluding hydrogens is 426 g/mol. The molecule has 0 unspecified atom stereocenters. The van der Waals surface area contributed by atoms with Gasteiger partial charge in [-0.05, 0) is 85.7 Å². The Bertz CT molecular complexity index is 845. The van der Waals surface area contributed by atoms with Crippen LogP contribution < -0.4 is 4.90 Å². The minimum Gasteiger partial charge on any atom is -0.369 e. The molecule has 1 aromatic heterocycles. The molecule has 2 fully saturated rings. The molecule has 1 aromatic carbocycles. The maximum absolute atomic E-state index is 4.64. The number of benzene rings is 1. The van der Waals surface area contributed by atoms with E-state index in [0.29, 0.717) is 11.3 Å². The van der Waals surface area contributed by atoms with Crippen molar-refractivity contribution in [2.45, 2.75) is 72.1 Å². The Morgan fingerprint density at radius 2 is 1.67 bits per heavy atom. The largest absolute Gasteiger partial charge is 0.369 e. The molecule has 0 amide bonds. The lowest BCUT2D eigenvalue weighted by Crippen LogP contribution is -2.47. The Balaban J connectivity index is 0.00000306. The Morgan fingerprint density at radius 1 is 0.939 bits per heavy atom. The van der Waals surface area contributed by atoms with E-state index in [1.54, 1.807) is 5.56 Å². The number of halogens is 1. The van der Waals surface area contributed by atoms with Crippen LogP contribution >= 0.6 is 12.4 Å². The summed E-state index contributed by atoms with van der Waals surface area (Å²) in [5, 5.41) is 0. The molecule has 3 nitrogen and oxygen atoms in total. The minimum absolute atomic E-state index is 0. The van der Waals surface area contributed by atoms with Gasteiger partial charge in [0, 0.05) is 43.6 Å². The van der Waals surface area contributed by atoms with Crippen molar-refractivity contribution < 1.29 is 0 Å². The van der Waals surface area contributed by atoms with E-state index in [9.17, 15) is 0 Å². The second-order valence-electron chi connectivity index (χ2n) is 11.1. The molecule has 4 rings (SSSR count). The first-order valence-corrected chi connectivity index (χ1v) is 13.0. The van der Waals surface area contributed by atoms with Crippen LogP contribution in [0.3, 0.4) is 0 Å². The molecule has 2 heterocycles. The summed E-state index contributed by atoms with van der Waals surface area (Å²) in [6.07, 6.45) is 9.86. The second kappa shape index (κ2) is 11.7. The number of pyridine rings is 1. The van der Waals surface area contributed by atoms with Crippen molar-refractivity contribution in [3.8, 4) is 11.3 Å². The number of nitrogens with zero attached hydrogens (tertiary/aromatic N) is 3. The SMILES string of the molecule is CCCCN1CCN(c2ccc(-c3ccccn3)cc2C2CCC(C(C)(C)C)CC2)CC1.Cl. The molecule has 1 aliphatic carbocycles. The maximum Gasteiger partial charge on any atom is 0.0702 e. The van der Waals surface area contributed by atoms with Crippen LogP contribution in [0.2, 0.25) is 0 Å². The number of hydrogen-bond donors (Lipinski definition) is 0. The molecule has 0 atom stereocenters. The third kappa shape index (κ3) is 6.51. The number of unbranched alkanes of at least 4 members (excludes halogenated alkanes) is 1. The maximum atomic E-state index is 4.64. The summed E-state index contributed by atoms with van der Waals surface area (Å²) < 4.78 is 0. The number of hydrogen-bond acceptors (Lipinski definition) is 3. The van der Waals surface area contributed by atoms with Crippen LogP contribution in [0.15, 0.2) is 42.6 Å². The molecule has 1 saturated carbocycles. The van der Waals surface area contributed by atoms with E-state index in [1.807, 2.05) is 12.3 Å². The molecule has 0 spiro atoms. The van der Waals surface area contributed by atoms with Gasteiger partial charge in [0.05, 0.1) is 5.69 Å². The lowest BCUT2D eigenvalue weighted by molar-refractivity contribution is 0.169. The van der Waals surface area contributed by atoms with Crippen molar-refractivity contribution in [1.82, 2.24) is 9.88 Å². The van der Waals surface area contributed by atoms with Gasteiger partial charge in [-0.15, -0.1) is 12.4 Å². The average Bonchev–Trinajstić information content (AvgIpc) is 2.83. The van der Waals surface area contributed by atoms with Gasteiger partial charge in [0.15, 0.2) is 0 Å². The summed E-state index contributed by atoms with van der Waals surface area (Å²) >= 11 is 0. The van der Waals surface area contributed by atoms with Crippen molar-refractivity contribution in [2.75, 3.05) is 37.6 Å². The normalized spacial score (nSPS) is 22.1. The van der Waals surface area contributed by atoms with Gasteiger partial charge in [0.25, 0.3) is 0 Å². The van der Waals surface area contributed by atoms with Crippen molar-refractivity contribution >= 4 is 18.1 Å². The topological polar surface area (TPSA) is 19.4 Å². The third-order valence-electron chi connectivity index (χ3n) is 7.92. The van der Waals surface area contributed by atoms with Gasteiger partial charge in [0.1, 0.15) is 0 Å². The van der Waals surface area contributed by atoms with Gasteiger partial charge >= 0.3 is 0 Å².